The number of ether oxygens (including phenoxy) is 1. The summed E-state index contributed by atoms with van der Waals surface area (Å²) < 4.78 is 5.51. The van der Waals surface area contributed by atoms with Gasteiger partial charge in [-0.05, 0) is 26.0 Å². The summed E-state index contributed by atoms with van der Waals surface area (Å²) in [5.41, 5.74) is 1.16. The van der Waals surface area contributed by atoms with Gasteiger partial charge in [-0.25, -0.2) is 9.97 Å². The Morgan fingerprint density at radius 1 is 1.32 bits per heavy atom. The Kier molecular flexibility index (Phi) is 5.46. The van der Waals surface area contributed by atoms with E-state index >= 15 is 0 Å². The van der Waals surface area contributed by atoms with Crippen LogP contribution in [-0.4, -0.2) is 29.0 Å². The van der Waals surface area contributed by atoms with E-state index < -0.39 is 0 Å². The molecule has 0 bridgehead atoms. The third kappa shape index (κ3) is 3.81. The van der Waals surface area contributed by atoms with Crippen LogP contribution in [0.1, 0.15) is 34.9 Å². The first-order chi connectivity index (χ1) is 10.5. The fraction of sp³-hybridized carbons (Fsp3) is 0.312. The molecule has 5 nitrogen and oxygen atoms in total. The van der Waals surface area contributed by atoms with E-state index in [0.29, 0.717) is 16.5 Å². The summed E-state index contributed by atoms with van der Waals surface area (Å²) >= 11 is 6.20. The second-order valence-corrected chi connectivity index (χ2v) is 5.34. The van der Waals surface area contributed by atoms with Gasteiger partial charge in [0.15, 0.2) is 0 Å². The molecule has 1 aromatic heterocycles. The predicted molar refractivity (Wildman–Crippen MR) is 84.9 cm³/mol. The first-order valence-corrected chi connectivity index (χ1v) is 7.28. The summed E-state index contributed by atoms with van der Waals surface area (Å²) in [5.74, 6) is 0.279. The van der Waals surface area contributed by atoms with E-state index in [1.165, 1.54) is 0 Å². The van der Waals surface area contributed by atoms with Crippen LogP contribution in [0.15, 0.2) is 36.5 Å². The minimum atomic E-state index is -0.347. The van der Waals surface area contributed by atoms with Crippen LogP contribution in [-0.2, 0) is 4.74 Å². The van der Waals surface area contributed by atoms with E-state index in [0.717, 1.165) is 5.56 Å². The van der Waals surface area contributed by atoms with Crippen LogP contribution in [0.4, 0.5) is 0 Å². The molecule has 0 aliphatic rings. The molecule has 1 aromatic carbocycles. The lowest BCUT2D eigenvalue weighted by Gasteiger charge is -2.24. The number of aryl methyl sites for hydroxylation is 1. The molecular weight excluding hydrogens is 302 g/mol. The minimum Gasteiger partial charge on any atom is -0.375 e. The smallest absolute Gasteiger partial charge is 0.270 e. The van der Waals surface area contributed by atoms with Crippen LogP contribution in [0, 0.1) is 6.92 Å². The van der Waals surface area contributed by atoms with Crippen molar-refractivity contribution < 1.29 is 9.53 Å². The number of aromatic nitrogens is 2. The first kappa shape index (κ1) is 16.4. The summed E-state index contributed by atoms with van der Waals surface area (Å²) in [7, 11) is 1.59. The highest BCUT2D eigenvalue weighted by Gasteiger charge is 2.23. The van der Waals surface area contributed by atoms with E-state index in [1.807, 2.05) is 25.1 Å². The van der Waals surface area contributed by atoms with Crippen LogP contribution in [0.25, 0.3) is 0 Å². The lowest BCUT2D eigenvalue weighted by Crippen LogP contribution is -2.38. The van der Waals surface area contributed by atoms with E-state index in [-0.39, 0.29) is 18.1 Å². The van der Waals surface area contributed by atoms with Gasteiger partial charge in [0.1, 0.15) is 17.6 Å². The quantitative estimate of drug-likeness (QED) is 0.920. The molecule has 0 radical (unpaired) electrons. The van der Waals surface area contributed by atoms with E-state index in [1.54, 1.807) is 32.4 Å². The van der Waals surface area contributed by atoms with Gasteiger partial charge in [0.05, 0.1) is 6.04 Å². The molecule has 6 heteroatoms. The van der Waals surface area contributed by atoms with Crippen molar-refractivity contribution >= 4 is 17.5 Å². The fourth-order valence-corrected chi connectivity index (χ4v) is 2.49. The van der Waals surface area contributed by atoms with Crippen molar-refractivity contribution in [1.29, 1.82) is 0 Å². The van der Waals surface area contributed by atoms with E-state index in [4.69, 9.17) is 16.3 Å². The second-order valence-electron chi connectivity index (χ2n) is 4.93. The predicted octanol–water partition coefficient (Wildman–Crippen LogP) is 2.94. The third-order valence-corrected chi connectivity index (χ3v) is 3.63. The SMILES string of the molecule is CO[C@H](c1ccccc1Cl)[C@H](C)NC(=O)c1ccnc(C)n1. The number of amides is 1. The first-order valence-electron chi connectivity index (χ1n) is 6.90. The molecule has 116 valence electrons. The normalized spacial score (nSPS) is 13.5. The van der Waals surface area contributed by atoms with Gasteiger partial charge in [-0.15, -0.1) is 0 Å². The van der Waals surface area contributed by atoms with Crippen molar-refractivity contribution in [2.24, 2.45) is 0 Å². The highest BCUT2D eigenvalue weighted by Crippen LogP contribution is 2.27. The molecule has 1 amide bonds. The van der Waals surface area contributed by atoms with Crippen molar-refractivity contribution in [2.75, 3.05) is 7.11 Å². The van der Waals surface area contributed by atoms with Gasteiger partial charge in [0.25, 0.3) is 5.91 Å². The molecule has 1 N–H and O–H groups in total. The molecule has 0 saturated carbocycles. The number of rotatable bonds is 5. The maximum absolute atomic E-state index is 12.3. The number of methoxy groups -OCH3 is 1. The van der Waals surface area contributed by atoms with Gasteiger partial charge in [0.2, 0.25) is 0 Å². The minimum absolute atomic E-state index is 0.271. The molecule has 0 saturated heterocycles. The summed E-state index contributed by atoms with van der Waals surface area (Å²) in [6.07, 6.45) is 1.21. The van der Waals surface area contributed by atoms with Crippen molar-refractivity contribution in [3.63, 3.8) is 0 Å². The van der Waals surface area contributed by atoms with Gasteiger partial charge < -0.3 is 10.1 Å². The number of carbonyl (C=O) groups excluding carboxylic acids is 1. The molecule has 2 atom stereocenters. The molecular formula is C16H18ClN3O2. The monoisotopic (exact) mass is 319 g/mol. The summed E-state index contributed by atoms with van der Waals surface area (Å²) in [6.45, 7) is 3.60. The maximum Gasteiger partial charge on any atom is 0.270 e. The molecule has 0 aliphatic carbocycles. The standard InChI is InChI=1S/C16H18ClN3O2/c1-10(15(22-3)12-6-4-5-7-13(12)17)19-16(21)14-8-9-18-11(2)20-14/h4-10,15H,1-3H3,(H,19,21)/t10-,15-/m0/s1. The fourth-order valence-electron chi connectivity index (χ4n) is 2.25. The largest absolute Gasteiger partial charge is 0.375 e. The topological polar surface area (TPSA) is 64.1 Å². The zero-order valence-corrected chi connectivity index (χ0v) is 13.5. The van der Waals surface area contributed by atoms with Gasteiger partial charge in [-0.1, -0.05) is 29.8 Å². The zero-order chi connectivity index (χ0) is 16.1. The number of benzene rings is 1. The molecule has 0 aliphatic heterocycles. The van der Waals surface area contributed by atoms with Crippen molar-refractivity contribution in [2.45, 2.75) is 26.0 Å². The Bertz CT molecular complexity index is 663. The van der Waals surface area contributed by atoms with Crippen LogP contribution in [0.5, 0.6) is 0 Å². The number of hydrogen-bond acceptors (Lipinski definition) is 4. The van der Waals surface area contributed by atoms with Crippen LogP contribution in [0.2, 0.25) is 5.02 Å². The van der Waals surface area contributed by atoms with E-state index in [2.05, 4.69) is 15.3 Å². The van der Waals surface area contributed by atoms with Gasteiger partial charge >= 0.3 is 0 Å². The maximum atomic E-state index is 12.3. The van der Waals surface area contributed by atoms with Crippen molar-refractivity contribution in [1.82, 2.24) is 15.3 Å². The summed E-state index contributed by atoms with van der Waals surface area (Å²) in [5, 5.41) is 3.49. The Morgan fingerprint density at radius 2 is 2.05 bits per heavy atom. The van der Waals surface area contributed by atoms with Crippen molar-refractivity contribution in [3.05, 3.63) is 58.6 Å². The average Bonchev–Trinajstić information content (AvgIpc) is 2.50. The second kappa shape index (κ2) is 7.33. The molecule has 2 rings (SSSR count). The lowest BCUT2D eigenvalue weighted by atomic mass is 10.0. The summed E-state index contributed by atoms with van der Waals surface area (Å²) in [6, 6.07) is 8.72. The van der Waals surface area contributed by atoms with Crippen molar-refractivity contribution in [3.8, 4) is 0 Å². The molecule has 2 aromatic rings. The Morgan fingerprint density at radius 3 is 2.68 bits per heavy atom. The summed E-state index contributed by atoms with van der Waals surface area (Å²) in [4.78, 5) is 20.3. The molecule has 22 heavy (non-hydrogen) atoms. The number of halogens is 1. The molecule has 1 heterocycles. The van der Waals surface area contributed by atoms with Crippen LogP contribution in [0.3, 0.4) is 0 Å². The Hall–Kier alpha value is -1.98. The third-order valence-electron chi connectivity index (χ3n) is 3.29. The number of carbonyl (C=O) groups is 1. The van der Waals surface area contributed by atoms with E-state index in [9.17, 15) is 4.79 Å². The number of nitrogens with zero attached hydrogens (tertiary/aromatic N) is 2. The molecule has 0 unspecified atom stereocenters. The highest BCUT2D eigenvalue weighted by molar-refractivity contribution is 6.31. The van der Waals surface area contributed by atoms with Crippen LogP contribution < -0.4 is 5.32 Å². The number of hydrogen-bond donors (Lipinski definition) is 1. The van der Waals surface area contributed by atoms with Gasteiger partial charge in [-0.2, -0.15) is 0 Å². The molecule has 0 fully saturated rings. The lowest BCUT2D eigenvalue weighted by molar-refractivity contribution is 0.0643. The van der Waals surface area contributed by atoms with Gasteiger partial charge in [-0.3, -0.25) is 4.79 Å². The van der Waals surface area contributed by atoms with Gasteiger partial charge in [0, 0.05) is 23.9 Å². The molecule has 0 spiro atoms. The Labute approximate surface area is 134 Å². The zero-order valence-electron chi connectivity index (χ0n) is 12.7. The highest BCUT2D eigenvalue weighted by atomic mass is 35.5. The van der Waals surface area contributed by atoms with Crippen LogP contribution >= 0.6 is 11.6 Å². The average molecular weight is 320 g/mol. The number of nitrogens with one attached hydrogen (secondary N) is 1. The Balaban J connectivity index is 2.14.